The number of rotatable bonds is 14. The van der Waals surface area contributed by atoms with Crippen LogP contribution in [0.3, 0.4) is 0 Å². The topological polar surface area (TPSA) is 102 Å². The molecule has 0 bridgehead atoms. The number of fused-ring (bicyclic) bond motifs is 2. The van der Waals surface area contributed by atoms with Crippen molar-refractivity contribution in [1.82, 2.24) is 15.1 Å². The van der Waals surface area contributed by atoms with Crippen LogP contribution in [0.5, 0.6) is 5.75 Å². The molecular weight excluding hydrogens is 647 g/mol. The fraction of sp³-hybridized carbons (Fsp3) is 0.463. The van der Waals surface area contributed by atoms with Gasteiger partial charge >= 0.3 is 5.97 Å². The Balaban J connectivity index is 1.54. The molecule has 0 radical (unpaired) electrons. The maximum absolute atomic E-state index is 12.3. The van der Waals surface area contributed by atoms with Crippen LogP contribution in [0.25, 0.3) is 43.1 Å². The zero-order chi connectivity index (χ0) is 35.3. The molecule has 8 nitrogen and oxygen atoms in total. The van der Waals surface area contributed by atoms with Crippen molar-refractivity contribution in [3.05, 3.63) is 58.7 Å². The molecule has 0 spiro atoms. The van der Waals surface area contributed by atoms with Crippen LogP contribution in [0.1, 0.15) is 82.6 Å². The predicted molar refractivity (Wildman–Crippen MR) is 203 cm³/mol. The van der Waals surface area contributed by atoms with Gasteiger partial charge in [0.05, 0.1) is 6.61 Å². The van der Waals surface area contributed by atoms with E-state index in [4.69, 9.17) is 4.74 Å². The number of nitrogens with one attached hydrogen (secondary N) is 1. The molecule has 1 amide bonds. The Labute approximate surface area is 298 Å². The molecule has 5 aromatic carbocycles. The molecule has 0 saturated heterocycles. The molecule has 3 N–H and O–H groups in total. The number of ether oxygens (including phenoxy) is 1. The SMILES string of the molecule is CCC(CC)N1Cc2ccc3c4c(SCC(NC(C)=O)C(=O)O)cc5c6c(ccc(c7c(OCCO)cc(c2c37)C1)c64)CN(C(CC)CC)C5. The third kappa shape index (κ3) is 5.86. The number of benzene rings is 5. The first-order chi connectivity index (χ1) is 24.2. The van der Waals surface area contributed by atoms with Gasteiger partial charge < -0.3 is 20.3 Å². The fourth-order valence-electron chi connectivity index (χ4n) is 8.95. The lowest BCUT2D eigenvalue weighted by Gasteiger charge is -2.37. The fourth-order valence-corrected chi connectivity index (χ4v) is 10.1. The van der Waals surface area contributed by atoms with Gasteiger partial charge in [0.2, 0.25) is 5.91 Å². The van der Waals surface area contributed by atoms with Crippen LogP contribution >= 0.6 is 11.8 Å². The molecule has 0 aliphatic carbocycles. The summed E-state index contributed by atoms with van der Waals surface area (Å²) in [6, 6.07) is 13.6. The van der Waals surface area contributed by atoms with Crippen molar-refractivity contribution in [3.63, 3.8) is 0 Å². The largest absolute Gasteiger partial charge is 0.491 e. The average Bonchev–Trinajstić information content (AvgIpc) is 3.11. The summed E-state index contributed by atoms with van der Waals surface area (Å²) in [6.45, 7) is 14.0. The van der Waals surface area contributed by atoms with E-state index in [0.717, 1.165) is 84.1 Å². The number of carboxylic acids is 1. The zero-order valence-electron chi connectivity index (χ0n) is 29.9. The van der Waals surface area contributed by atoms with Crippen LogP contribution in [0.4, 0.5) is 0 Å². The van der Waals surface area contributed by atoms with Gasteiger partial charge in [0.15, 0.2) is 0 Å². The van der Waals surface area contributed by atoms with Crippen molar-refractivity contribution in [2.45, 2.75) is 110 Å². The van der Waals surface area contributed by atoms with Gasteiger partial charge in [-0.2, -0.15) is 0 Å². The Hall–Kier alpha value is -3.63. The monoisotopic (exact) mass is 695 g/mol. The minimum absolute atomic E-state index is 0.0691. The average molecular weight is 696 g/mol. The Morgan fingerprint density at radius 1 is 0.760 bits per heavy atom. The molecular formula is C41H49N3O5S. The molecule has 0 fully saturated rings. The van der Waals surface area contributed by atoms with Crippen molar-refractivity contribution < 1.29 is 24.5 Å². The molecule has 7 rings (SSSR count). The highest BCUT2D eigenvalue weighted by Crippen LogP contribution is 2.52. The highest BCUT2D eigenvalue weighted by atomic mass is 32.2. The molecule has 50 heavy (non-hydrogen) atoms. The normalized spacial score (nSPS) is 15.7. The van der Waals surface area contributed by atoms with Crippen LogP contribution in [-0.4, -0.2) is 69.0 Å². The minimum atomic E-state index is -1.04. The van der Waals surface area contributed by atoms with Crippen LogP contribution in [0.15, 0.2) is 41.3 Å². The van der Waals surface area contributed by atoms with E-state index in [1.807, 2.05) is 0 Å². The van der Waals surface area contributed by atoms with Crippen LogP contribution < -0.4 is 10.1 Å². The third-order valence-corrected chi connectivity index (χ3v) is 12.3. The van der Waals surface area contributed by atoms with Crippen molar-refractivity contribution in [2.75, 3.05) is 19.0 Å². The van der Waals surface area contributed by atoms with E-state index >= 15 is 0 Å². The van der Waals surface area contributed by atoms with E-state index in [-0.39, 0.29) is 24.9 Å². The number of thioether (sulfide) groups is 1. The summed E-state index contributed by atoms with van der Waals surface area (Å²) in [5.41, 5.74) is 5.12. The summed E-state index contributed by atoms with van der Waals surface area (Å²) in [5.74, 6) is -0.380. The van der Waals surface area contributed by atoms with Gasteiger partial charge in [-0.25, -0.2) is 4.79 Å². The smallest absolute Gasteiger partial charge is 0.327 e. The maximum Gasteiger partial charge on any atom is 0.327 e. The minimum Gasteiger partial charge on any atom is -0.491 e. The standard InChI is InChI=1S/C41H49N3O5S/c1-6-28(7-2)43-18-24-11-13-31-38-34(50-22-32(41(47)48)42-23(5)46)17-27-21-44(29(8-3)9-4)19-25-10-12-30(40(38)36(25)27)37-33(49-15-14-45)16-26(20-43)35(24)39(31)37/h10-13,16-17,28-29,32,45H,6-9,14-15,18-22H2,1-5H3,(H,42,46)(H,47,48). The van der Waals surface area contributed by atoms with Gasteiger partial charge in [-0.1, -0.05) is 52.0 Å². The van der Waals surface area contributed by atoms with Crippen molar-refractivity contribution in [3.8, 4) is 5.75 Å². The predicted octanol–water partition coefficient (Wildman–Crippen LogP) is 7.80. The van der Waals surface area contributed by atoms with Crippen molar-refractivity contribution in [2.24, 2.45) is 0 Å². The summed E-state index contributed by atoms with van der Waals surface area (Å²) < 4.78 is 6.44. The Bertz CT molecular complexity index is 2090. The second kappa shape index (κ2) is 14.2. The van der Waals surface area contributed by atoms with Gasteiger partial charge in [0.1, 0.15) is 18.4 Å². The van der Waals surface area contributed by atoms with Gasteiger partial charge in [-0.3, -0.25) is 14.6 Å². The Morgan fingerprint density at radius 2 is 1.28 bits per heavy atom. The van der Waals surface area contributed by atoms with E-state index in [1.165, 1.54) is 62.5 Å². The lowest BCUT2D eigenvalue weighted by atomic mass is 9.82. The number of nitrogens with zero attached hydrogens (tertiary/aromatic N) is 2. The molecule has 1 atom stereocenters. The molecule has 2 aliphatic heterocycles. The second-order valence-corrected chi connectivity index (χ2v) is 15.1. The number of amides is 1. The van der Waals surface area contributed by atoms with Crippen molar-refractivity contribution in [1.29, 1.82) is 0 Å². The number of carbonyl (C=O) groups excluding carboxylic acids is 1. The van der Waals surface area contributed by atoms with Crippen LogP contribution in [0, 0.1) is 0 Å². The van der Waals surface area contributed by atoms with E-state index in [9.17, 15) is 19.8 Å². The van der Waals surface area contributed by atoms with Crippen LogP contribution in [0.2, 0.25) is 0 Å². The summed E-state index contributed by atoms with van der Waals surface area (Å²) in [7, 11) is 0. The number of hydrogen-bond acceptors (Lipinski definition) is 7. The third-order valence-electron chi connectivity index (χ3n) is 11.2. The molecule has 5 aromatic rings. The number of carboxylic acid groups (broad SMARTS) is 1. The van der Waals surface area contributed by atoms with Gasteiger partial charge in [-0.05, 0) is 87.0 Å². The summed E-state index contributed by atoms with van der Waals surface area (Å²) in [4.78, 5) is 30.4. The molecule has 1 unspecified atom stereocenters. The van der Waals surface area contributed by atoms with E-state index in [2.05, 4.69) is 79.2 Å². The Morgan fingerprint density at radius 3 is 1.80 bits per heavy atom. The maximum atomic E-state index is 12.3. The molecule has 0 aromatic heterocycles. The summed E-state index contributed by atoms with van der Waals surface area (Å²) >= 11 is 1.52. The lowest BCUT2D eigenvalue weighted by molar-refractivity contribution is -0.140. The first-order valence-corrected chi connectivity index (χ1v) is 19.3. The van der Waals surface area contributed by atoms with Gasteiger partial charge in [-0.15, -0.1) is 11.8 Å². The molecule has 264 valence electrons. The number of hydrogen-bond donors (Lipinski definition) is 3. The van der Waals surface area contributed by atoms with Gasteiger partial charge in [0.25, 0.3) is 0 Å². The highest BCUT2D eigenvalue weighted by molar-refractivity contribution is 7.99. The lowest BCUT2D eigenvalue weighted by Crippen LogP contribution is -2.41. The van der Waals surface area contributed by atoms with Gasteiger partial charge in [0, 0.05) is 72.0 Å². The Kier molecular flexibility index (Phi) is 9.87. The molecule has 2 heterocycles. The number of aliphatic carboxylic acids is 1. The molecule has 0 saturated carbocycles. The number of aliphatic hydroxyl groups excluding tert-OH is 1. The quantitative estimate of drug-likeness (QED) is 0.0615. The van der Waals surface area contributed by atoms with E-state index in [0.29, 0.717) is 12.1 Å². The zero-order valence-corrected chi connectivity index (χ0v) is 30.7. The molecule has 9 heteroatoms. The van der Waals surface area contributed by atoms with E-state index < -0.39 is 12.0 Å². The second-order valence-electron chi connectivity index (χ2n) is 14.1. The van der Waals surface area contributed by atoms with Crippen LogP contribution in [-0.2, 0) is 35.8 Å². The summed E-state index contributed by atoms with van der Waals surface area (Å²) in [5, 5.41) is 32.0. The van der Waals surface area contributed by atoms with Crippen molar-refractivity contribution >= 4 is 66.7 Å². The summed E-state index contributed by atoms with van der Waals surface area (Å²) in [6.07, 6.45) is 4.32. The number of carbonyl (C=O) groups is 2. The molecule has 2 aliphatic rings. The first kappa shape index (κ1) is 34.8. The highest BCUT2D eigenvalue weighted by Gasteiger charge is 2.31. The number of aliphatic hydroxyl groups is 1. The van der Waals surface area contributed by atoms with E-state index in [1.54, 1.807) is 0 Å². The first-order valence-electron chi connectivity index (χ1n) is 18.3.